The SMILES string of the molecule is CCC=C(Nc1ncc(-c2nc(-c3cccc(C)c3)cs2)s1)PC. The third-order valence-corrected chi connectivity index (χ3v) is 6.25. The Bertz CT molecular complexity index is 851. The van der Waals surface area contributed by atoms with Gasteiger partial charge in [0.05, 0.1) is 16.8 Å². The molecule has 2 aromatic heterocycles. The van der Waals surface area contributed by atoms with Gasteiger partial charge < -0.3 is 5.32 Å². The first kappa shape index (κ1) is 17.3. The molecule has 0 fully saturated rings. The minimum absolute atomic E-state index is 0.745. The maximum absolute atomic E-state index is 4.79. The van der Waals surface area contributed by atoms with Crippen LogP contribution in [0.3, 0.4) is 0 Å². The van der Waals surface area contributed by atoms with Gasteiger partial charge in [-0.25, -0.2) is 9.97 Å². The van der Waals surface area contributed by atoms with Gasteiger partial charge >= 0.3 is 0 Å². The van der Waals surface area contributed by atoms with Gasteiger partial charge in [-0.1, -0.05) is 56.7 Å². The molecule has 6 heteroatoms. The minimum atomic E-state index is 0.745. The lowest BCUT2D eigenvalue weighted by Crippen LogP contribution is -1.92. The van der Waals surface area contributed by atoms with Crippen molar-refractivity contribution in [1.82, 2.24) is 9.97 Å². The van der Waals surface area contributed by atoms with E-state index < -0.39 is 0 Å². The fourth-order valence-electron chi connectivity index (χ4n) is 2.29. The summed E-state index contributed by atoms with van der Waals surface area (Å²) in [6.45, 7) is 6.43. The predicted octanol–water partition coefficient (Wildman–Crippen LogP) is 6.21. The molecule has 1 atom stereocenters. The predicted molar refractivity (Wildman–Crippen MR) is 110 cm³/mol. The smallest absolute Gasteiger partial charge is 0.187 e. The fourth-order valence-corrected chi connectivity index (χ4v) is 4.75. The lowest BCUT2D eigenvalue weighted by molar-refractivity contribution is 1.21. The molecule has 1 N–H and O–H groups in total. The molecule has 0 radical (unpaired) electrons. The van der Waals surface area contributed by atoms with Crippen LogP contribution in [0.25, 0.3) is 21.1 Å². The average Bonchev–Trinajstić information content (AvgIpc) is 3.23. The van der Waals surface area contributed by atoms with Crippen LogP contribution in [0.1, 0.15) is 18.9 Å². The molecule has 3 aromatic rings. The molecule has 0 aliphatic carbocycles. The van der Waals surface area contributed by atoms with Gasteiger partial charge in [-0.15, -0.1) is 11.3 Å². The van der Waals surface area contributed by atoms with Gasteiger partial charge in [-0.3, -0.25) is 0 Å². The van der Waals surface area contributed by atoms with Crippen molar-refractivity contribution in [3.8, 4) is 21.1 Å². The first-order chi connectivity index (χ1) is 11.7. The summed E-state index contributed by atoms with van der Waals surface area (Å²) < 4.78 is 0. The molecular weight excluding hydrogens is 353 g/mol. The Morgan fingerprint density at radius 3 is 3.00 bits per heavy atom. The van der Waals surface area contributed by atoms with Crippen LogP contribution in [0.4, 0.5) is 5.13 Å². The molecule has 0 spiro atoms. The zero-order chi connectivity index (χ0) is 16.9. The zero-order valence-electron chi connectivity index (χ0n) is 14.0. The molecule has 0 saturated carbocycles. The number of nitrogens with one attached hydrogen (secondary N) is 1. The van der Waals surface area contributed by atoms with Gasteiger partial charge in [0, 0.05) is 16.4 Å². The largest absolute Gasteiger partial charge is 0.332 e. The van der Waals surface area contributed by atoms with Gasteiger partial charge in [-0.05, 0) is 26.1 Å². The van der Waals surface area contributed by atoms with Crippen LogP contribution in [-0.4, -0.2) is 16.6 Å². The van der Waals surface area contributed by atoms with Gasteiger partial charge in [-0.2, -0.15) is 0 Å². The van der Waals surface area contributed by atoms with Gasteiger partial charge in [0.2, 0.25) is 0 Å². The summed E-state index contributed by atoms with van der Waals surface area (Å²) >= 11 is 3.33. The second kappa shape index (κ2) is 8.02. The summed E-state index contributed by atoms with van der Waals surface area (Å²) in [6, 6.07) is 8.46. The van der Waals surface area contributed by atoms with E-state index in [1.165, 1.54) is 16.6 Å². The number of rotatable bonds is 6. The van der Waals surface area contributed by atoms with Crippen LogP contribution in [-0.2, 0) is 0 Å². The third-order valence-electron chi connectivity index (χ3n) is 3.45. The standard InChI is InChI=1S/C18H20N3PS2/c1-4-6-16(22-3)21-18-19-10-15(24-18)17-20-14(11-23-17)13-8-5-7-12(2)9-13/h5-11,22H,4H2,1-3H3,(H,19,21). The highest BCUT2D eigenvalue weighted by Gasteiger charge is 2.11. The van der Waals surface area contributed by atoms with Gasteiger partial charge in [0.25, 0.3) is 0 Å². The Hall–Kier alpha value is -1.55. The topological polar surface area (TPSA) is 37.8 Å². The van der Waals surface area contributed by atoms with Crippen LogP contribution in [0.2, 0.25) is 0 Å². The van der Waals surface area contributed by atoms with Gasteiger partial charge in [0.15, 0.2) is 5.13 Å². The number of hydrogen-bond acceptors (Lipinski definition) is 5. The highest BCUT2D eigenvalue weighted by Crippen LogP contribution is 2.35. The first-order valence-corrected chi connectivity index (χ1v) is 11.0. The summed E-state index contributed by atoms with van der Waals surface area (Å²) in [4.78, 5) is 10.4. The highest BCUT2D eigenvalue weighted by molar-refractivity contribution is 7.42. The number of thiazole rings is 2. The Balaban J connectivity index is 1.80. The Labute approximate surface area is 152 Å². The summed E-state index contributed by atoms with van der Waals surface area (Å²) in [5.74, 6) is 0. The number of allylic oxidation sites excluding steroid dienone is 1. The molecule has 3 nitrogen and oxygen atoms in total. The van der Waals surface area contributed by atoms with Crippen molar-refractivity contribution in [3.63, 3.8) is 0 Å². The van der Waals surface area contributed by atoms with E-state index in [1.54, 1.807) is 22.7 Å². The molecule has 2 heterocycles. The number of benzene rings is 1. The molecule has 124 valence electrons. The fraction of sp³-hybridized carbons (Fsp3) is 0.222. The number of anilines is 1. The van der Waals surface area contributed by atoms with Crippen LogP contribution in [0.15, 0.2) is 47.4 Å². The van der Waals surface area contributed by atoms with Crippen molar-refractivity contribution in [3.05, 3.63) is 52.9 Å². The number of nitrogens with zero attached hydrogens (tertiary/aromatic N) is 2. The highest BCUT2D eigenvalue weighted by atomic mass is 32.1. The van der Waals surface area contributed by atoms with E-state index in [9.17, 15) is 0 Å². The summed E-state index contributed by atoms with van der Waals surface area (Å²) in [5.41, 5.74) is 4.70. The molecule has 1 unspecified atom stereocenters. The van der Waals surface area contributed by atoms with E-state index in [1.807, 2.05) is 6.20 Å². The normalized spacial score (nSPS) is 12.2. The summed E-state index contributed by atoms with van der Waals surface area (Å²) in [6.07, 6.45) is 5.17. The molecule has 0 aliphatic rings. The van der Waals surface area contributed by atoms with Crippen molar-refractivity contribution in [2.45, 2.75) is 20.3 Å². The molecule has 0 bridgehead atoms. The molecule has 24 heavy (non-hydrogen) atoms. The van der Waals surface area contributed by atoms with Crippen molar-refractivity contribution >= 4 is 36.4 Å². The average molecular weight is 373 g/mol. The number of hydrogen-bond donors (Lipinski definition) is 1. The first-order valence-electron chi connectivity index (χ1n) is 7.83. The van der Waals surface area contributed by atoms with Crippen molar-refractivity contribution in [2.75, 3.05) is 12.0 Å². The maximum atomic E-state index is 4.79. The van der Waals surface area contributed by atoms with E-state index in [0.717, 1.165) is 35.7 Å². The molecule has 1 aromatic carbocycles. The Morgan fingerprint density at radius 2 is 2.25 bits per heavy atom. The van der Waals surface area contributed by atoms with E-state index in [4.69, 9.17) is 4.98 Å². The molecular formula is C18H20N3PS2. The quantitative estimate of drug-likeness (QED) is 0.522. The number of aromatic nitrogens is 2. The lowest BCUT2D eigenvalue weighted by atomic mass is 10.1. The lowest BCUT2D eigenvalue weighted by Gasteiger charge is -2.04. The molecule has 0 amide bonds. The second-order valence-electron chi connectivity index (χ2n) is 5.34. The van der Waals surface area contributed by atoms with E-state index >= 15 is 0 Å². The Kier molecular flexibility index (Phi) is 5.77. The van der Waals surface area contributed by atoms with Crippen LogP contribution < -0.4 is 5.32 Å². The monoisotopic (exact) mass is 373 g/mol. The third kappa shape index (κ3) is 4.10. The molecule has 0 aliphatic heterocycles. The van der Waals surface area contributed by atoms with Crippen molar-refractivity contribution < 1.29 is 0 Å². The van der Waals surface area contributed by atoms with E-state index in [2.05, 4.69) is 66.5 Å². The van der Waals surface area contributed by atoms with Crippen molar-refractivity contribution in [2.24, 2.45) is 0 Å². The Morgan fingerprint density at radius 1 is 1.38 bits per heavy atom. The van der Waals surface area contributed by atoms with Crippen molar-refractivity contribution in [1.29, 1.82) is 0 Å². The minimum Gasteiger partial charge on any atom is -0.332 e. The molecule has 3 rings (SSSR count). The van der Waals surface area contributed by atoms with Gasteiger partial charge in [0.1, 0.15) is 5.01 Å². The van der Waals surface area contributed by atoms with Crippen LogP contribution >= 0.6 is 31.3 Å². The maximum Gasteiger partial charge on any atom is 0.187 e. The van der Waals surface area contributed by atoms with Crippen LogP contribution in [0.5, 0.6) is 0 Å². The zero-order valence-corrected chi connectivity index (χ0v) is 16.6. The summed E-state index contributed by atoms with van der Waals surface area (Å²) in [7, 11) is 0.745. The second-order valence-corrected chi connectivity index (χ2v) is 8.27. The number of aryl methyl sites for hydroxylation is 1. The molecule has 0 saturated heterocycles. The van der Waals surface area contributed by atoms with E-state index in [-0.39, 0.29) is 0 Å². The van der Waals surface area contributed by atoms with E-state index in [0.29, 0.717) is 0 Å². The summed E-state index contributed by atoms with van der Waals surface area (Å²) in [5, 5.41) is 7.50. The van der Waals surface area contributed by atoms with Crippen LogP contribution in [0, 0.1) is 6.92 Å².